The number of nitrogens with zero attached hydrogens (tertiary/aromatic N) is 2. The number of hydrogen-bond donors (Lipinski definition) is 2. The van der Waals surface area contributed by atoms with E-state index in [2.05, 4.69) is 24.3 Å². The van der Waals surface area contributed by atoms with Crippen LogP contribution in [-0.2, 0) is 0 Å². The van der Waals surface area contributed by atoms with E-state index in [1.807, 2.05) is 4.90 Å². The molecule has 6 heteroatoms. The van der Waals surface area contributed by atoms with Crippen LogP contribution in [0.3, 0.4) is 0 Å². The van der Waals surface area contributed by atoms with Gasteiger partial charge >= 0.3 is 6.03 Å². The summed E-state index contributed by atoms with van der Waals surface area (Å²) < 4.78 is 4.90. The largest absolute Gasteiger partial charge is 0.368 e. The van der Waals surface area contributed by atoms with E-state index < -0.39 is 0 Å². The van der Waals surface area contributed by atoms with Crippen molar-refractivity contribution in [1.82, 2.24) is 15.4 Å². The van der Waals surface area contributed by atoms with Gasteiger partial charge in [0.25, 0.3) is 0 Å². The van der Waals surface area contributed by atoms with E-state index in [0.29, 0.717) is 17.7 Å². The third-order valence-electron chi connectivity index (χ3n) is 3.74. The number of hydrogen-bond acceptors (Lipinski definition) is 4. The number of nitrogens with one attached hydrogen (secondary N) is 1. The zero-order valence-corrected chi connectivity index (χ0v) is 12.3. The molecule has 6 nitrogen and oxygen atoms in total. The van der Waals surface area contributed by atoms with Crippen LogP contribution in [0.25, 0.3) is 0 Å². The van der Waals surface area contributed by atoms with E-state index in [1.54, 1.807) is 6.07 Å². The molecule has 20 heavy (non-hydrogen) atoms. The van der Waals surface area contributed by atoms with E-state index in [9.17, 15) is 4.79 Å². The van der Waals surface area contributed by atoms with E-state index in [4.69, 9.17) is 10.3 Å². The molecular weight excluding hydrogens is 256 g/mol. The summed E-state index contributed by atoms with van der Waals surface area (Å²) in [6, 6.07) is 1.83. The van der Waals surface area contributed by atoms with Gasteiger partial charge in [-0.25, -0.2) is 4.79 Å². The lowest BCUT2D eigenvalue weighted by Crippen LogP contribution is -2.44. The number of anilines is 1. The Hall–Kier alpha value is -1.72. The summed E-state index contributed by atoms with van der Waals surface area (Å²) >= 11 is 0. The molecule has 0 radical (unpaired) electrons. The van der Waals surface area contributed by atoms with Gasteiger partial charge < -0.3 is 20.5 Å². The number of nitrogen functional groups attached to an aromatic ring is 1. The zero-order chi connectivity index (χ0) is 14.5. The first-order chi connectivity index (χ1) is 9.56. The first-order valence-corrected chi connectivity index (χ1v) is 7.31. The molecule has 0 aromatic carbocycles. The van der Waals surface area contributed by atoms with E-state index in [0.717, 1.165) is 44.6 Å². The van der Waals surface area contributed by atoms with Crippen molar-refractivity contribution in [2.24, 2.45) is 5.92 Å². The highest BCUT2D eigenvalue weighted by Crippen LogP contribution is 2.28. The Bertz CT molecular complexity index is 436. The molecule has 3 N–H and O–H groups in total. The Kier molecular flexibility index (Phi) is 4.87. The highest BCUT2D eigenvalue weighted by molar-refractivity contribution is 5.74. The number of aromatic nitrogens is 1. The minimum absolute atomic E-state index is 0.0452. The third-order valence-corrected chi connectivity index (χ3v) is 3.74. The fourth-order valence-electron chi connectivity index (χ4n) is 2.45. The van der Waals surface area contributed by atoms with Crippen molar-refractivity contribution in [2.75, 3.05) is 25.4 Å². The third kappa shape index (κ3) is 3.88. The molecular formula is C14H24N4O2. The van der Waals surface area contributed by atoms with Crippen LogP contribution in [0.5, 0.6) is 0 Å². The number of piperidine rings is 1. The van der Waals surface area contributed by atoms with Crippen LogP contribution >= 0.6 is 0 Å². The van der Waals surface area contributed by atoms with Crippen molar-refractivity contribution in [3.05, 3.63) is 11.8 Å². The minimum Gasteiger partial charge on any atom is -0.368 e. The molecule has 0 atom stereocenters. The predicted molar refractivity (Wildman–Crippen MR) is 77.3 cm³/mol. The van der Waals surface area contributed by atoms with Gasteiger partial charge in [-0.15, -0.1) is 0 Å². The van der Waals surface area contributed by atoms with Gasteiger partial charge in [0, 0.05) is 31.6 Å². The van der Waals surface area contributed by atoms with Crippen molar-refractivity contribution < 1.29 is 9.32 Å². The molecule has 0 saturated carbocycles. The summed E-state index contributed by atoms with van der Waals surface area (Å²) in [4.78, 5) is 13.9. The standard InChI is InChI=1S/C14H24N4O2/c1-10(2)3-6-16-14(19)18-7-4-11(5-8-18)12-9-13(15)20-17-12/h9-11H,3-8,15H2,1-2H3,(H,16,19). The lowest BCUT2D eigenvalue weighted by atomic mass is 9.94. The SMILES string of the molecule is CC(C)CCNC(=O)N1CCC(c2cc(N)on2)CC1. The first-order valence-electron chi connectivity index (χ1n) is 7.31. The van der Waals surface area contributed by atoms with Crippen molar-refractivity contribution in [3.8, 4) is 0 Å². The molecule has 112 valence electrons. The molecule has 1 aromatic rings. The highest BCUT2D eigenvalue weighted by atomic mass is 16.5. The molecule has 1 saturated heterocycles. The van der Waals surface area contributed by atoms with Gasteiger partial charge in [-0.3, -0.25) is 0 Å². The van der Waals surface area contributed by atoms with Gasteiger partial charge in [-0.1, -0.05) is 19.0 Å². The van der Waals surface area contributed by atoms with Gasteiger partial charge in [-0.2, -0.15) is 0 Å². The molecule has 0 aliphatic carbocycles. The van der Waals surface area contributed by atoms with Gasteiger partial charge in [0.2, 0.25) is 5.88 Å². The number of rotatable bonds is 4. The fourth-order valence-corrected chi connectivity index (χ4v) is 2.45. The number of urea groups is 1. The van der Waals surface area contributed by atoms with Gasteiger partial charge in [0.15, 0.2) is 0 Å². The van der Waals surface area contributed by atoms with Crippen LogP contribution < -0.4 is 11.1 Å². The monoisotopic (exact) mass is 280 g/mol. The average molecular weight is 280 g/mol. The topological polar surface area (TPSA) is 84.4 Å². The van der Waals surface area contributed by atoms with Crippen LogP contribution in [0.15, 0.2) is 10.6 Å². The second kappa shape index (κ2) is 6.63. The van der Waals surface area contributed by atoms with Gasteiger partial charge in [0.05, 0.1) is 5.69 Å². The number of likely N-dealkylation sites (tertiary alicyclic amines) is 1. The molecule has 0 bridgehead atoms. The van der Waals surface area contributed by atoms with Crippen molar-refractivity contribution in [2.45, 2.75) is 39.0 Å². The van der Waals surface area contributed by atoms with Crippen LogP contribution in [0.4, 0.5) is 10.7 Å². The Morgan fingerprint density at radius 1 is 1.55 bits per heavy atom. The van der Waals surface area contributed by atoms with Crippen LogP contribution in [0, 0.1) is 5.92 Å². The smallest absolute Gasteiger partial charge is 0.317 e. The lowest BCUT2D eigenvalue weighted by molar-refractivity contribution is 0.180. The highest BCUT2D eigenvalue weighted by Gasteiger charge is 2.25. The molecule has 0 unspecified atom stereocenters. The summed E-state index contributed by atoms with van der Waals surface area (Å²) in [5.74, 6) is 1.31. The molecule has 2 amide bonds. The summed E-state index contributed by atoms with van der Waals surface area (Å²) in [7, 11) is 0. The minimum atomic E-state index is 0.0452. The maximum Gasteiger partial charge on any atom is 0.317 e. The second-order valence-corrected chi connectivity index (χ2v) is 5.83. The second-order valence-electron chi connectivity index (χ2n) is 5.83. The van der Waals surface area contributed by atoms with Gasteiger partial charge in [0.1, 0.15) is 0 Å². The maximum atomic E-state index is 12.0. The summed E-state index contributed by atoms with van der Waals surface area (Å²) in [5, 5.41) is 6.93. The normalized spacial score (nSPS) is 16.6. The Balaban J connectivity index is 1.75. The number of carbonyl (C=O) groups is 1. The van der Waals surface area contributed by atoms with Crippen LogP contribution in [-0.4, -0.2) is 35.7 Å². The summed E-state index contributed by atoms with van der Waals surface area (Å²) in [6.45, 7) is 6.56. The molecule has 1 aliphatic rings. The molecule has 1 fully saturated rings. The lowest BCUT2D eigenvalue weighted by Gasteiger charge is -2.31. The van der Waals surface area contributed by atoms with Crippen LogP contribution in [0.1, 0.15) is 44.7 Å². The van der Waals surface area contributed by atoms with Crippen molar-refractivity contribution in [3.63, 3.8) is 0 Å². The molecule has 0 spiro atoms. The van der Waals surface area contributed by atoms with E-state index in [1.165, 1.54) is 0 Å². The number of nitrogens with two attached hydrogens (primary N) is 1. The Morgan fingerprint density at radius 2 is 2.25 bits per heavy atom. The zero-order valence-electron chi connectivity index (χ0n) is 12.3. The van der Waals surface area contributed by atoms with E-state index >= 15 is 0 Å². The number of amides is 2. The predicted octanol–water partition coefficient (Wildman–Crippen LogP) is 2.19. The fraction of sp³-hybridized carbons (Fsp3) is 0.714. The Labute approximate surface area is 119 Å². The first kappa shape index (κ1) is 14.7. The molecule has 2 heterocycles. The molecule has 1 aromatic heterocycles. The maximum absolute atomic E-state index is 12.0. The van der Waals surface area contributed by atoms with Crippen molar-refractivity contribution >= 4 is 11.9 Å². The number of carbonyl (C=O) groups excluding carboxylic acids is 1. The summed E-state index contributed by atoms with van der Waals surface area (Å²) in [6.07, 6.45) is 2.83. The van der Waals surface area contributed by atoms with E-state index in [-0.39, 0.29) is 6.03 Å². The quantitative estimate of drug-likeness (QED) is 0.885. The molecule has 2 rings (SSSR count). The molecule has 1 aliphatic heterocycles. The van der Waals surface area contributed by atoms with Crippen LogP contribution in [0.2, 0.25) is 0 Å². The van der Waals surface area contributed by atoms with Gasteiger partial charge in [-0.05, 0) is 25.2 Å². The summed E-state index contributed by atoms with van der Waals surface area (Å²) in [5.41, 5.74) is 6.44. The van der Waals surface area contributed by atoms with Crippen molar-refractivity contribution in [1.29, 1.82) is 0 Å². The average Bonchev–Trinajstić information content (AvgIpc) is 2.85. The Morgan fingerprint density at radius 3 is 2.80 bits per heavy atom.